The van der Waals surface area contributed by atoms with Crippen molar-refractivity contribution in [2.45, 2.75) is 25.2 Å². The van der Waals surface area contributed by atoms with E-state index < -0.39 is 18.2 Å². The number of nitrogens with two attached hydrogens (primary N) is 1. The third kappa shape index (κ3) is 4.92. The summed E-state index contributed by atoms with van der Waals surface area (Å²) in [5, 5.41) is 26.3. The fourth-order valence-electron chi connectivity index (χ4n) is 0.525. The molecule has 4 nitrogen and oxygen atoms in total. The minimum Gasteiger partial charge on any atom is -0.395 e. The highest BCUT2D eigenvalue weighted by atomic mass is 16.3. The highest BCUT2D eigenvalue weighted by Crippen LogP contribution is 1.93. The van der Waals surface area contributed by atoms with E-state index in [-0.39, 0.29) is 6.61 Å². The van der Waals surface area contributed by atoms with Gasteiger partial charge in [-0.25, -0.2) is 0 Å². The Balaban J connectivity index is 3.75. The van der Waals surface area contributed by atoms with E-state index in [0.717, 1.165) is 0 Å². The minimum absolute atomic E-state index is 0.273. The molecule has 0 amide bonds. The zero-order valence-corrected chi connectivity index (χ0v) is 6.51. The highest BCUT2D eigenvalue weighted by Gasteiger charge is 2.09. The summed E-state index contributed by atoms with van der Waals surface area (Å²) in [6.07, 6.45) is 1.29. The van der Waals surface area contributed by atoms with Gasteiger partial charge in [0.2, 0.25) is 0 Å². The fourth-order valence-corrected chi connectivity index (χ4v) is 0.525. The van der Waals surface area contributed by atoms with Crippen molar-refractivity contribution in [2.24, 2.45) is 5.73 Å². The standard InChI is InChI=1S/C7H15NO3/c1-5(10)2-3-7(11)6(8)4-9/h2-3,5-7,9-11H,4,8H2,1H3/b3-2+/t5-,6+,7-/m1/s1. The van der Waals surface area contributed by atoms with Crippen LogP contribution in [0.5, 0.6) is 0 Å². The van der Waals surface area contributed by atoms with Crippen LogP contribution in [0.15, 0.2) is 12.2 Å². The van der Waals surface area contributed by atoms with Crippen molar-refractivity contribution in [1.82, 2.24) is 0 Å². The van der Waals surface area contributed by atoms with Gasteiger partial charge >= 0.3 is 0 Å². The predicted molar refractivity (Wildman–Crippen MR) is 41.9 cm³/mol. The van der Waals surface area contributed by atoms with Crippen LogP contribution in [0.4, 0.5) is 0 Å². The van der Waals surface area contributed by atoms with E-state index in [4.69, 9.17) is 21.1 Å². The Morgan fingerprint density at radius 1 is 1.36 bits per heavy atom. The molecule has 0 aliphatic carbocycles. The lowest BCUT2D eigenvalue weighted by atomic mass is 10.1. The van der Waals surface area contributed by atoms with Crippen LogP contribution in [0.25, 0.3) is 0 Å². The number of hydrogen-bond acceptors (Lipinski definition) is 4. The van der Waals surface area contributed by atoms with Crippen LogP contribution in [0, 0.1) is 0 Å². The summed E-state index contributed by atoms with van der Waals surface area (Å²) in [7, 11) is 0. The van der Waals surface area contributed by atoms with E-state index >= 15 is 0 Å². The summed E-state index contributed by atoms with van der Waals surface area (Å²) in [5.41, 5.74) is 5.27. The van der Waals surface area contributed by atoms with Gasteiger partial charge in [-0.3, -0.25) is 0 Å². The smallest absolute Gasteiger partial charge is 0.0895 e. The molecular weight excluding hydrogens is 146 g/mol. The molecule has 11 heavy (non-hydrogen) atoms. The Morgan fingerprint density at radius 3 is 2.27 bits per heavy atom. The van der Waals surface area contributed by atoms with Gasteiger partial charge in [0.25, 0.3) is 0 Å². The Labute approximate surface area is 66.0 Å². The van der Waals surface area contributed by atoms with Gasteiger partial charge in [-0.05, 0) is 6.92 Å². The van der Waals surface area contributed by atoms with Gasteiger partial charge in [0.05, 0.1) is 24.9 Å². The molecule has 4 heteroatoms. The second kappa shape index (κ2) is 5.26. The third-order valence-electron chi connectivity index (χ3n) is 1.24. The molecule has 0 bridgehead atoms. The fraction of sp³-hybridized carbons (Fsp3) is 0.714. The van der Waals surface area contributed by atoms with Crippen LogP contribution < -0.4 is 5.73 Å². The molecule has 0 aliphatic rings. The van der Waals surface area contributed by atoms with Crippen molar-refractivity contribution < 1.29 is 15.3 Å². The normalized spacial score (nSPS) is 20.1. The number of aliphatic hydroxyl groups excluding tert-OH is 3. The van der Waals surface area contributed by atoms with Crippen molar-refractivity contribution in [2.75, 3.05) is 6.61 Å². The van der Waals surface area contributed by atoms with Gasteiger partial charge in [-0.15, -0.1) is 0 Å². The number of aliphatic hydroxyl groups is 3. The van der Waals surface area contributed by atoms with E-state index in [2.05, 4.69) is 0 Å². The van der Waals surface area contributed by atoms with E-state index in [1.54, 1.807) is 6.92 Å². The van der Waals surface area contributed by atoms with Crippen molar-refractivity contribution in [3.05, 3.63) is 12.2 Å². The first-order chi connectivity index (χ1) is 5.07. The first kappa shape index (κ1) is 10.6. The summed E-state index contributed by atoms with van der Waals surface area (Å²) >= 11 is 0. The largest absolute Gasteiger partial charge is 0.395 e. The molecule has 0 spiro atoms. The SMILES string of the molecule is C[C@@H](O)/C=C/[C@@H](O)[C@@H](N)CO. The summed E-state index contributed by atoms with van der Waals surface area (Å²) in [5.74, 6) is 0. The second-order valence-corrected chi connectivity index (χ2v) is 2.46. The summed E-state index contributed by atoms with van der Waals surface area (Å²) in [6.45, 7) is 1.29. The van der Waals surface area contributed by atoms with Crippen molar-refractivity contribution in [1.29, 1.82) is 0 Å². The average molecular weight is 161 g/mol. The monoisotopic (exact) mass is 161 g/mol. The van der Waals surface area contributed by atoms with Crippen molar-refractivity contribution >= 4 is 0 Å². The van der Waals surface area contributed by atoms with Gasteiger partial charge in [-0.1, -0.05) is 12.2 Å². The number of rotatable bonds is 4. The van der Waals surface area contributed by atoms with Crippen LogP contribution in [-0.2, 0) is 0 Å². The molecular formula is C7H15NO3. The highest BCUT2D eigenvalue weighted by molar-refractivity contribution is 4.96. The molecule has 0 saturated heterocycles. The van der Waals surface area contributed by atoms with Crippen LogP contribution >= 0.6 is 0 Å². The zero-order chi connectivity index (χ0) is 8.85. The average Bonchev–Trinajstić information content (AvgIpc) is 1.98. The van der Waals surface area contributed by atoms with E-state index in [0.29, 0.717) is 0 Å². The van der Waals surface area contributed by atoms with Crippen LogP contribution in [-0.4, -0.2) is 40.2 Å². The molecule has 0 saturated carbocycles. The number of hydrogen-bond donors (Lipinski definition) is 4. The molecule has 3 atom stereocenters. The maximum atomic E-state index is 9.08. The van der Waals surface area contributed by atoms with E-state index in [9.17, 15) is 0 Å². The lowest BCUT2D eigenvalue weighted by Crippen LogP contribution is -2.36. The van der Waals surface area contributed by atoms with E-state index in [1.807, 2.05) is 0 Å². The van der Waals surface area contributed by atoms with Gasteiger partial charge in [0.15, 0.2) is 0 Å². The molecule has 0 radical (unpaired) electrons. The molecule has 0 aromatic heterocycles. The molecule has 0 aromatic carbocycles. The molecule has 0 aliphatic heterocycles. The predicted octanol–water partition coefficient (Wildman–Crippen LogP) is -1.40. The first-order valence-electron chi connectivity index (χ1n) is 3.48. The molecule has 66 valence electrons. The maximum absolute atomic E-state index is 9.08. The van der Waals surface area contributed by atoms with Crippen LogP contribution in [0.3, 0.4) is 0 Å². The third-order valence-corrected chi connectivity index (χ3v) is 1.24. The van der Waals surface area contributed by atoms with Crippen molar-refractivity contribution in [3.63, 3.8) is 0 Å². The quantitative estimate of drug-likeness (QED) is 0.382. The Kier molecular flexibility index (Phi) is 5.06. The van der Waals surface area contributed by atoms with Crippen LogP contribution in [0.2, 0.25) is 0 Å². The molecule has 0 aromatic rings. The van der Waals surface area contributed by atoms with Gasteiger partial charge in [-0.2, -0.15) is 0 Å². The van der Waals surface area contributed by atoms with E-state index in [1.165, 1.54) is 12.2 Å². The molecule has 0 rings (SSSR count). The Bertz CT molecular complexity index is 125. The lowest BCUT2D eigenvalue weighted by Gasteiger charge is -2.11. The second-order valence-electron chi connectivity index (χ2n) is 2.46. The molecule has 0 unspecified atom stereocenters. The Hall–Kier alpha value is -0.420. The maximum Gasteiger partial charge on any atom is 0.0895 e. The summed E-state index contributed by atoms with van der Waals surface area (Å²) < 4.78 is 0. The van der Waals surface area contributed by atoms with Gasteiger partial charge in [0.1, 0.15) is 0 Å². The summed E-state index contributed by atoms with van der Waals surface area (Å²) in [4.78, 5) is 0. The topological polar surface area (TPSA) is 86.7 Å². The van der Waals surface area contributed by atoms with Gasteiger partial charge in [0, 0.05) is 0 Å². The molecule has 5 N–H and O–H groups in total. The van der Waals surface area contributed by atoms with Gasteiger partial charge < -0.3 is 21.1 Å². The van der Waals surface area contributed by atoms with Crippen molar-refractivity contribution in [3.8, 4) is 0 Å². The minimum atomic E-state index is -0.894. The lowest BCUT2D eigenvalue weighted by molar-refractivity contribution is 0.142. The zero-order valence-electron chi connectivity index (χ0n) is 6.51. The molecule has 0 heterocycles. The summed E-state index contributed by atoms with van der Waals surface area (Å²) in [6, 6.07) is -0.676. The Morgan fingerprint density at radius 2 is 1.91 bits per heavy atom. The molecule has 0 fully saturated rings. The van der Waals surface area contributed by atoms with Crippen LogP contribution in [0.1, 0.15) is 6.92 Å². The first-order valence-corrected chi connectivity index (χ1v) is 3.48.